The first kappa shape index (κ1) is 32.3. The first-order valence-electron chi connectivity index (χ1n) is 18.9. The number of aromatic nitrogens is 3. The summed E-state index contributed by atoms with van der Waals surface area (Å²) in [6, 6.07) is 10.3. The lowest BCUT2D eigenvalue weighted by Gasteiger charge is -2.58. The van der Waals surface area contributed by atoms with Crippen molar-refractivity contribution in [1.29, 1.82) is 0 Å². The molecular formula is C41H52N6O3. The summed E-state index contributed by atoms with van der Waals surface area (Å²) in [5, 5.41) is 41.8. The number of benzene rings is 1. The molecule has 1 aromatic carbocycles. The number of rotatable bonds is 5. The number of aromatic amines is 1. The lowest BCUT2D eigenvalue weighted by molar-refractivity contribution is -0.128. The Balaban J connectivity index is 1.23. The van der Waals surface area contributed by atoms with Crippen molar-refractivity contribution in [2.45, 2.75) is 101 Å². The summed E-state index contributed by atoms with van der Waals surface area (Å²) in [5.74, 6) is 8.02. The molecule has 12 atom stereocenters. The van der Waals surface area contributed by atoms with Crippen molar-refractivity contribution in [2.75, 3.05) is 7.05 Å². The molecule has 5 fully saturated rings. The van der Waals surface area contributed by atoms with Gasteiger partial charge in [0.25, 0.3) is 0 Å². The van der Waals surface area contributed by atoms with Crippen molar-refractivity contribution in [3.05, 3.63) is 66.4 Å². The SMILES string of the molecule is CN=C(N)N[C@H]1C#C[C@H]2C[C@]3(C=C(Cc4cc5ccccc5[nH]4)[C@]24C[C@H]2CC[C@@H]4[C@H]4[C@H](C[C@H](O)[C@@]4(O)C1)[C@]2(C)O)CC[C@H](Cn1ccnc1)C3. The smallest absolute Gasteiger partial charge is 0.189 e. The maximum absolute atomic E-state index is 12.9. The Morgan fingerprint density at radius 1 is 1.12 bits per heavy atom. The minimum Gasteiger partial charge on any atom is -0.390 e. The summed E-state index contributed by atoms with van der Waals surface area (Å²) < 4.78 is 2.22. The molecule has 7 aliphatic rings. The molecule has 50 heavy (non-hydrogen) atoms. The van der Waals surface area contributed by atoms with Gasteiger partial charge in [0.1, 0.15) is 0 Å². The number of allylic oxidation sites excluding steroid dienone is 2. The van der Waals surface area contributed by atoms with Crippen molar-refractivity contribution in [3.63, 3.8) is 0 Å². The lowest BCUT2D eigenvalue weighted by Crippen LogP contribution is -2.56. The monoisotopic (exact) mass is 676 g/mol. The summed E-state index contributed by atoms with van der Waals surface area (Å²) in [7, 11) is 1.65. The standard InChI is InChI=1S/C41H52N6O3/c1-38(49)27-8-10-32-36-33(38)17-35(48)41(36,50)22-30(46-37(42)43-2)9-7-28-19-39(12-11-25(18-39)23-47-14-13-44-24-47)20-29(40(28,32)21-27)16-31-15-26-5-3-4-6-34(26)45-31/h3-6,13-15,20,24-25,27-28,30,32-33,35-36,45,48-50H,8,10-12,16-19,21-23H2,1-2H3,(H3,42,43,46)/t25-,27+,28-,30-,32+,33-,35-,36-,38+,39-,40-,41-/m0/s1. The highest BCUT2D eigenvalue weighted by atomic mass is 16.3. The molecule has 2 spiro atoms. The van der Waals surface area contributed by atoms with Crippen molar-refractivity contribution in [1.82, 2.24) is 19.9 Å². The third-order valence-electron chi connectivity index (χ3n) is 14.7. The van der Waals surface area contributed by atoms with Gasteiger partial charge < -0.3 is 35.9 Å². The molecule has 4 bridgehead atoms. The van der Waals surface area contributed by atoms with E-state index in [4.69, 9.17) is 5.73 Å². The Kier molecular flexibility index (Phi) is 7.41. The minimum atomic E-state index is -1.43. The van der Waals surface area contributed by atoms with Crippen LogP contribution in [0.4, 0.5) is 0 Å². The van der Waals surface area contributed by atoms with E-state index >= 15 is 0 Å². The molecule has 0 aliphatic heterocycles. The molecule has 0 saturated heterocycles. The zero-order valence-electron chi connectivity index (χ0n) is 29.4. The maximum atomic E-state index is 12.9. The fourth-order valence-electron chi connectivity index (χ4n) is 12.6. The van der Waals surface area contributed by atoms with E-state index in [1.165, 1.54) is 16.7 Å². The van der Waals surface area contributed by atoms with Crippen LogP contribution in [-0.2, 0) is 13.0 Å². The van der Waals surface area contributed by atoms with Gasteiger partial charge in [-0.1, -0.05) is 41.7 Å². The first-order valence-corrected chi connectivity index (χ1v) is 18.9. The van der Waals surface area contributed by atoms with E-state index in [2.05, 4.69) is 79.3 Å². The first-order chi connectivity index (χ1) is 24.0. The molecule has 0 radical (unpaired) electrons. The van der Waals surface area contributed by atoms with Crippen LogP contribution >= 0.6 is 0 Å². The molecule has 2 heterocycles. The topological polar surface area (TPSA) is 145 Å². The van der Waals surface area contributed by atoms with Crippen molar-refractivity contribution in [3.8, 4) is 11.8 Å². The van der Waals surface area contributed by atoms with Gasteiger partial charge in [-0.25, -0.2) is 4.98 Å². The number of hydrogen-bond donors (Lipinski definition) is 6. The molecule has 264 valence electrons. The highest BCUT2D eigenvalue weighted by molar-refractivity contribution is 5.80. The van der Waals surface area contributed by atoms with Crippen LogP contribution in [0.5, 0.6) is 0 Å². The van der Waals surface area contributed by atoms with Crippen LogP contribution in [-0.4, -0.2) is 66.2 Å². The van der Waals surface area contributed by atoms with E-state index in [1.54, 1.807) is 7.05 Å². The Morgan fingerprint density at radius 2 is 1.98 bits per heavy atom. The fourth-order valence-corrected chi connectivity index (χ4v) is 12.6. The lowest BCUT2D eigenvalue weighted by atomic mass is 9.46. The minimum absolute atomic E-state index is 0.0110. The number of imidazole rings is 1. The summed E-state index contributed by atoms with van der Waals surface area (Å²) in [6.07, 6.45) is 16.0. The van der Waals surface area contributed by atoms with E-state index in [-0.39, 0.29) is 52.8 Å². The van der Waals surface area contributed by atoms with E-state index in [9.17, 15) is 15.3 Å². The van der Waals surface area contributed by atoms with Gasteiger partial charge >= 0.3 is 0 Å². The van der Waals surface area contributed by atoms with Crippen molar-refractivity contribution < 1.29 is 15.3 Å². The van der Waals surface area contributed by atoms with Crippen LogP contribution in [0.15, 0.2) is 65.7 Å². The largest absolute Gasteiger partial charge is 0.390 e. The van der Waals surface area contributed by atoms with Gasteiger partial charge in [0, 0.05) is 61.4 Å². The summed E-state index contributed by atoms with van der Waals surface area (Å²) in [4.78, 5) is 12.2. The van der Waals surface area contributed by atoms with Gasteiger partial charge in [-0.05, 0) is 111 Å². The van der Waals surface area contributed by atoms with Crippen molar-refractivity contribution >= 4 is 16.9 Å². The highest BCUT2D eigenvalue weighted by Crippen LogP contribution is 2.72. The van der Waals surface area contributed by atoms with E-state index in [0.29, 0.717) is 12.3 Å². The van der Waals surface area contributed by atoms with Crippen LogP contribution in [0, 0.1) is 58.2 Å². The average Bonchev–Trinajstić information content (AvgIpc) is 3.87. The van der Waals surface area contributed by atoms with Gasteiger partial charge in [-0.2, -0.15) is 0 Å². The van der Waals surface area contributed by atoms with E-state index in [0.717, 1.165) is 63.4 Å². The number of H-pyrrole nitrogens is 1. The number of nitrogens with two attached hydrogens (primary N) is 1. The second-order valence-electron chi connectivity index (χ2n) is 17.2. The van der Waals surface area contributed by atoms with Crippen LogP contribution in [0.25, 0.3) is 10.9 Å². The zero-order chi connectivity index (χ0) is 34.5. The maximum Gasteiger partial charge on any atom is 0.189 e. The van der Waals surface area contributed by atoms with Gasteiger partial charge in [-0.3, -0.25) is 4.99 Å². The second kappa shape index (κ2) is 11.5. The fraction of sp³-hybridized carbons (Fsp3) is 0.610. The quantitative estimate of drug-likeness (QED) is 0.101. The molecule has 7 aliphatic carbocycles. The number of aliphatic hydroxyl groups is 3. The third-order valence-corrected chi connectivity index (χ3v) is 14.7. The molecule has 0 amide bonds. The van der Waals surface area contributed by atoms with Gasteiger partial charge in [0.15, 0.2) is 5.96 Å². The normalized spacial score (nSPS) is 43.4. The number of fused-ring (bicyclic) bond motifs is 2. The molecule has 7 N–H and O–H groups in total. The van der Waals surface area contributed by atoms with E-state index in [1.807, 2.05) is 19.4 Å². The predicted molar refractivity (Wildman–Crippen MR) is 193 cm³/mol. The number of nitrogens with zero attached hydrogens (tertiary/aromatic N) is 3. The number of aliphatic hydroxyl groups excluding tert-OH is 1. The summed E-state index contributed by atoms with van der Waals surface area (Å²) in [5.41, 5.74) is 7.23. The molecule has 9 nitrogen and oxygen atoms in total. The number of hydrogen-bond acceptors (Lipinski definition) is 5. The molecule has 0 unspecified atom stereocenters. The summed E-state index contributed by atoms with van der Waals surface area (Å²) >= 11 is 0. The Morgan fingerprint density at radius 3 is 2.78 bits per heavy atom. The average molecular weight is 677 g/mol. The molecule has 9 heteroatoms. The van der Waals surface area contributed by atoms with Crippen LogP contribution in [0.3, 0.4) is 0 Å². The molecular weight excluding hydrogens is 624 g/mol. The van der Waals surface area contributed by atoms with Crippen LogP contribution < -0.4 is 11.1 Å². The number of aliphatic imine (C=N–C) groups is 1. The zero-order valence-corrected chi connectivity index (χ0v) is 29.4. The van der Waals surface area contributed by atoms with Gasteiger partial charge in [0.05, 0.1) is 29.7 Å². The van der Waals surface area contributed by atoms with Crippen LogP contribution in [0.2, 0.25) is 0 Å². The Labute approximate surface area is 294 Å². The highest BCUT2D eigenvalue weighted by Gasteiger charge is 2.71. The number of guanidine groups is 1. The Bertz CT molecular complexity index is 1870. The number of para-hydroxylation sites is 1. The summed E-state index contributed by atoms with van der Waals surface area (Å²) in [6.45, 7) is 2.97. The predicted octanol–water partition coefficient (Wildman–Crippen LogP) is 4.55. The van der Waals surface area contributed by atoms with E-state index < -0.39 is 23.3 Å². The molecule has 3 aromatic rings. The molecule has 5 saturated carbocycles. The third kappa shape index (κ3) is 4.85. The van der Waals surface area contributed by atoms with Crippen LogP contribution in [0.1, 0.15) is 70.4 Å². The van der Waals surface area contributed by atoms with Gasteiger partial charge in [0.2, 0.25) is 0 Å². The number of nitrogens with one attached hydrogen (secondary N) is 2. The second-order valence-corrected chi connectivity index (χ2v) is 17.2. The molecule has 10 rings (SSSR count). The molecule has 2 aromatic heterocycles. The Hall–Kier alpha value is -3.58. The van der Waals surface area contributed by atoms with Gasteiger partial charge in [-0.15, -0.1) is 0 Å². The van der Waals surface area contributed by atoms with Crippen molar-refractivity contribution in [2.24, 2.45) is 57.1 Å².